The Morgan fingerprint density at radius 3 is 2.84 bits per heavy atom. The summed E-state index contributed by atoms with van der Waals surface area (Å²) in [5, 5.41) is 3.50. The summed E-state index contributed by atoms with van der Waals surface area (Å²) in [5.74, 6) is -0.0979. The Hall–Kier alpha value is -1.30. The highest BCUT2D eigenvalue weighted by molar-refractivity contribution is 6.34. The van der Waals surface area contributed by atoms with Gasteiger partial charge in [0.1, 0.15) is 0 Å². The summed E-state index contributed by atoms with van der Waals surface area (Å²) in [6, 6.07) is 5.50. The van der Waals surface area contributed by atoms with Gasteiger partial charge in [-0.2, -0.15) is 0 Å². The molecule has 0 saturated carbocycles. The molecule has 0 atom stereocenters. The van der Waals surface area contributed by atoms with Crippen molar-refractivity contribution in [3.63, 3.8) is 0 Å². The predicted octanol–water partition coefficient (Wildman–Crippen LogP) is 1.46. The number of nitrogens with two attached hydrogens (primary N) is 1. The molecule has 19 heavy (non-hydrogen) atoms. The van der Waals surface area contributed by atoms with Crippen LogP contribution in [0.15, 0.2) is 18.2 Å². The third-order valence-corrected chi connectivity index (χ3v) is 3.26. The third kappa shape index (κ3) is 3.59. The summed E-state index contributed by atoms with van der Waals surface area (Å²) in [6.45, 7) is 3.20. The van der Waals surface area contributed by atoms with Gasteiger partial charge in [0.15, 0.2) is 0 Å². The van der Waals surface area contributed by atoms with Crippen molar-refractivity contribution in [3.05, 3.63) is 23.2 Å². The molecule has 1 aromatic rings. The molecule has 5 nitrogen and oxygen atoms in total. The van der Waals surface area contributed by atoms with Gasteiger partial charge in [-0.05, 0) is 12.1 Å². The number of ether oxygens (including phenoxy) is 1. The van der Waals surface area contributed by atoms with Crippen molar-refractivity contribution in [1.29, 1.82) is 0 Å². The number of carbonyl (C=O) groups excluding carboxylic acids is 1. The van der Waals surface area contributed by atoms with E-state index in [4.69, 9.17) is 22.1 Å². The average Bonchev–Trinajstić information content (AvgIpc) is 2.40. The first-order valence-electron chi connectivity index (χ1n) is 6.33. The van der Waals surface area contributed by atoms with Gasteiger partial charge in [0.25, 0.3) is 0 Å². The van der Waals surface area contributed by atoms with Crippen molar-refractivity contribution < 1.29 is 9.53 Å². The summed E-state index contributed by atoms with van der Waals surface area (Å²) >= 11 is 6.26. The third-order valence-electron chi connectivity index (χ3n) is 2.96. The highest BCUT2D eigenvalue weighted by Crippen LogP contribution is 2.34. The highest BCUT2D eigenvalue weighted by Gasteiger charge is 2.18. The molecule has 104 valence electrons. The number of nitrogens with one attached hydrogen (secondary N) is 1. The Kier molecular flexibility index (Phi) is 5.01. The van der Waals surface area contributed by atoms with Crippen molar-refractivity contribution >= 4 is 28.9 Å². The van der Waals surface area contributed by atoms with Gasteiger partial charge in [0, 0.05) is 26.1 Å². The zero-order valence-corrected chi connectivity index (χ0v) is 11.4. The minimum Gasteiger partial charge on any atom is -0.378 e. The van der Waals surface area contributed by atoms with Crippen LogP contribution in [-0.4, -0.2) is 38.8 Å². The molecule has 0 spiro atoms. The van der Waals surface area contributed by atoms with E-state index in [2.05, 4.69) is 10.2 Å². The van der Waals surface area contributed by atoms with Crippen molar-refractivity contribution in [2.24, 2.45) is 5.73 Å². The van der Waals surface area contributed by atoms with Gasteiger partial charge >= 0.3 is 0 Å². The summed E-state index contributed by atoms with van der Waals surface area (Å²) in [7, 11) is 0. The number of carbonyl (C=O) groups is 1. The number of morpholine rings is 1. The van der Waals surface area contributed by atoms with Crippen LogP contribution >= 0.6 is 11.6 Å². The largest absolute Gasteiger partial charge is 0.378 e. The Morgan fingerprint density at radius 2 is 2.16 bits per heavy atom. The van der Waals surface area contributed by atoms with Crippen LogP contribution in [-0.2, 0) is 9.53 Å². The fourth-order valence-corrected chi connectivity index (χ4v) is 2.36. The van der Waals surface area contributed by atoms with Crippen LogP contribution in [0.25, 0.3) is 0 Å². The molecule has 0 radical (unpaired) electrons. The molecule has 0 bridgehead atoms. The normalized spacial score (nSPS) is 15.4. The predicted molar refractivity (Wildman–Crippen MR) is 76.8 cm³/mol. The lowest BCUT2D eigenvalue weighted by atomic mass is 10.2. The maximum absolute atomic E-state index is 11.7. The number of hydrogen-bond donors (Lipinski definition) is 2. The minimum atomic E-state index is -0.0979. The molecule has 0 aromatic heterocycles. The molecule has 1 heterocycles. The van der Waals surface area contributed by atoms with E-state index in [1.807, 2.05) is 18.2 Å². The zero-order chi connectivity index (χ0) is 13.7. The molecule has 3 N–H and O–H groups in total. The summed E-state index contributed by atoms with van der Waals surface area (Å²) in [5.41, 5.74) is 6.97. The van der Waals surface area contributed by atoms with Crippen LogP contribution < -0.4 is 16.0 Å². The minimum absolute atomic E-state index is 0.0979. The van der Waals surface area contributed by atoms with Gasteiger partial charge in [-0.15, -0.1) is 0 Å². The van der Waals surface area contributed by atoms with E-state index in [0.29, 0.717) is 31.2 Å². The van der Waals surface area contributed by atoms with Gasteiger partial charge in [-0.1, -0.05) is 17.7 Å². The van der Waals surface area contributed by atoms with Crippen LogP contribution in [0.2, 0.25) is 5.02 Å². The fourth-order valence-electron chi connectivity index (χ4n) is 2.07. The van der Waals surface area contributed by atoms with Crippen LogP contribution in [0.3, 0.4) is 0 Å². The Bertz CT molecular complexity index is 448. The van der Waals surface area contributed by atoms with Crippen molar-refractivity contribution in [2.75, 3.05) is 43.1 Å². The summed E-state index contributed by atoms with van der Waals surface area (Å²) < 4.78 is 5.33. The van der Waals surface area contributed by atoms with Gasteiger partial charge in [-0.25, -0.2) is 0 Å². The molecule has 0 unspecified atom stereocenters. The van der Waals surface area contributed by atoms with Crippen LogP contribution in [0.5, 0.6) is 0 Å². The highest BCUT2D eigenvalue weighted by atomic mass is 35.5. The summed E-state index contributed by atoms with van der Waals surface area (Å²) in [4.78, 5) is 13.8. The average molecular weight is 284 g/mol. The molecular formula is C13H18ClN3O2. The molecule has 1 fully saturated rings. The number of nitrogens with zero attached hydrogens (tertiary/aromatic N) is 1. The second-order valence-corrected chi connectivity index (χ2v) is 4.73. The molecular weight excluding hydrogens is 266 g/mol. The van der Waals surface area contributed by atoms with Crippen molar-refractivity contribution in [3.8, 4) is 0 Å². The lowest BCUT2D eigenvalue weighted by Crippen LogP contribution is -2.37. The lowest BCUT2D eigenvalue weighted by Gasteiger charge is -2.31. The number of halogens is 1. The molecule has 6 heteroatoms. The first-order chi connectivity index (χ1) is 9.22. The number of hydrogen-bond acceptors (Lipinski definition) is 4. The first kappa shape index (κ1) is 14.1. The second-order valence-electron chi connectivity index (χ2n) is 4.32. The first-order valence-corrected chi connectivity index (χ1v) is 6.71. The van der Waals surface area contributed by atoms with E-state index in [0.717, 1.165) is 24.5 Å². The zero-order valence-electron chi connectivity index (χ0n) is 10.7. The van der Waals surface area contributed by atoms with Crippen LogP contribution in [0.4, 0.5) is 11.4 Å². The van der Waals surface area contributed by atoms with Crippen LogP contribution in [0.1, 0.15) is 6.42 Å². The lowest BCUT2D eigenvalue weighted by molar-refractivity contribution is -0.116. The van der Waals surface area contributed by atoms with E-state index in [-0.39, 0.29) is 5.91 Å². The quantitative estimate of drug-likeness (QED) is 0.878. The van der Waals surface area contributed by atoms with Gasteiger partial charge in [0.2, 0.25) is 5.91 Å². The number of rotatable bonds is 4. The van der Waals surface area contributed by atoms with E-state index >= 15 is 0 Å². The topological polar surface area (TPSA) is 67.6 Å². The monoisotopic (exact) mass is 283 g/mol. The maximum Gasteiger partial charge on any atom is 0.225 e. The number of benzene rings is 1. The maximum atomic E-state index is 11.7. The Labute approximate surface area is 117 Å². The molecule has 2 rings (SSSR count). The smallest absolute Gasteiger partial charge is 0.225 e. The van der Waals surface area contributed by atoms with E-state index < -0.39 is 0 Å². The SMILES string of the molecule is NCCC(=O)Nc1cccc(Cl)c1N1CCOCC1. The standard InChI is InChI=1S/C13H18ClN3O2/c14-10-2-1-3-11(16-12(18)4-5-15)13(10)17-6-8-19-9-7-17/h1-3H,4-9,15H2,(H,16,18). The summed E-state index contributed by atoms with van der Waals surface area (Å²) in [6.07, 6.45) is 0.301. The Morgan fingerprint density at radius 1 is 1.42 bits per heavy atom. The molecule has 1 aliphatic rings. The molecule has 1 aromatic carbocycles. The van der Waals surface area contributed by atoms with Gasteiger partial charge in [-0.3, -0.25) is 4.79 Å². The van der Waals surface area contributed by atoms with Crippen molar-refractivity contribution in [1.82, 2.24) is 0 Å². The fraction of sp³-hybridized carbons (Fsp3) is 0.462. The second kappa shape index (κ2) is 6.75. The van der Waals surface area contributed by atoms with E-state index in [1.165, 1.54) is 0 Å². The van der Waals surface area contributed by atoms with E-state index in [1.54, 1.807) is 0 Å². The molecule has 1 saturated heterocycles. The van der Waals surface area contributed by atoms with Gasteiger partial charge in [0.05, 0.1) is 29.6 Å². The van der Waals surface area contributed by atoms with Gasteiger partial charge < -0.3 is 20.7 Å². The van der Waals surface area contributed by atoms with Crippen molar-refractivity contribution in [2.45, 2.75) is 6.42 Å². The number of anilines is 2. The Balaban J connectivity index is 2.22. The molecule has 0 aliphatic carbocycles. The molecule has 1 amide bonds. The van der Waals surface area contributed by atoms with E-state index in [9.17, 15) is 4.79 Å². The number of para-hydroxylation sites is 1. The number of amides is 1. The van der Waals surface area contributed by atoms with Crippen LogP contribution in [0, 0.1) is 0 Å². The molecule has 1 aliphatic heterocycles.